The summed E-state index contributed by atoms with van der Waals surface area (Å²) in [5.41, 5.74) is 6.59. The summed E-state index contributed by atoms with van der Waals surface area (Å²) >= 11 is 5.92. The number of hydrogen-bond donors (Lipinski definition) is 1. The fourth-order valence-electron chi connectivity index (χ4n) is 1.74. The van der Waals surface area contributed by atoms with Gasteiger partial charge in [0.15, 0.2) is 9.84 Å². The first-order chi connectivity index (χ1) is 9.00. The van der Waals surface area contributed by atoms with Crippen LogP contribution in [0.15, 0.2) is 47.5 Å². The second kappa shape index (κ2) is 5.59. The van der Waals surface area contributed by atoms with Crippen molar-refractivity contribution in [1.29, 1.82) is 0 Å². The molecule has 0 fully saturated rings. The number of nitrogen functional groups attached to an aromatic ring is 1. The standard InChI is InChI=1S/C13H13ClN2O2S/c14-11-5-3-6-12(15)13(11)19(17,18)9-7-10-4-1-2-8-16-10/h1-6,8H,7,9,15H2. The Labute approximate surface area is 117 Å². The Morgan fingerprint density at radius 1 is 1.16 bits per heavy atom. The lowest BCUT2D eigenvalue weighted by Gasteiger charge is -2.09. The van der Waals surface area contributed by atoms with E-state index in [1.165, 1.54) is 12.1 Å². The average molecular weight is 297 g/mol. The highest BCUT2D eigenvalue weighted by Crippen LogP contribution is 2.28. The van der Waals surface area contributed by atoms with Gasteiger partial charge in [-0.05, 0) is 24.3 Å². The second-order valence-corrected chi connectivity index (χ2v) is 6.50. The van der Waals surface area contributed by atoms with Crippen LogP contribution in [-0.4, -0.2) is 19.2 Å². The number of pyridine rings is 1. The van der Waals surface area contributed by atoms with Gasteiger partial charge in [0, 0.05) is 18.3 Å². The van der Waals surface area contributed by atoms with Gasteiger partial charge in [-0.1, -0.05) is 23.7 Å². The molecule has 0 saturated heterocycles. The van der Waals surface area contributed by atoms with E-state index in [-0.39, 0.29) is 21.4 Å². The van der Waals surface area contributed by atoms with Crippen LogP contribution in [0.5, 0.6) is 0 Å². The number of nitrogens with zero attached hydrogens (tertiary/aromatic N) is 1. The largest absolute Gasteiger partial charge is 0.398 e. The number of benzene rings is 1. The maximum atomic E-state index is 12.3. The molecule has 0 saturated carbocycles. The van der Waals surface area contributed by atoms with Crippen molar-refractivity contribution in [1.82, 2.24) is 4.98 Å². The van der Waals surface area contributed by atoms with Gasteiger partial charge >= 0.3 is 0 Å². The van der Waals surface area contributed by atoms with Crippen molar-refractivity contribution in [2.24, 2.45) is 0 Å². The van der Waals surface area contributed by atoms with Crippen LogP contribution in [0.1, 0.15) is 5.69 Å². The van der Waals surface area contributed by atoms with Crippen LogP contribution in [0, 0.1) is 0 Å². The van der Waals surface area contributed by atoms with Gasteiger partial charge in [0.2, 0.25) is 0 Å². The van der Waals surface area contributed by atoms with Gasteiger partial charge in [-0.3, -0.25) is 4.98 Å². The van der Waals surface area contributed by atoms with Gasteiger partial charge in [-0.15, -0.1) is 0 Å². The van der Waals surface area contributed by atoms with Crippen LogP contribution < -0.4 is 5.73 Å². The quantitative estimate of drug-likeness (QED) is 0.879. The summed E-state index contributed by atoms with van der Waals surface area (Å²) in [7, 11) is -3.52. The molecule has 0 aliphatic carbocycles. The van der Waals surface area contributed by atoms with Crippen molar-refractivity contribution < 1.29 is 8.42 Å². The van der Waals surface area contributed by atoms with E-state index in [0.717, 1.165) is 5.69 Å². The lowest BCUT2D eigenvalue weighted by molar-refractivity contribution is 0.595. The first-order valence-corrected chi connectivity index (χ1v) is 7.70. The molecule has 1 aromatic heterocycles. The molecular weight excluding hydrogens is 284 g/mol. The van der Waals surface area contributed by atoms with E-state index in [4.69, 9.17) is 17.3 Å². The summed E-state index contributed by atoms with van der Waals surface area (Å²) in [5.74, 6) is -0.0715. The molecule has 1 aromatic carbocycles. The number of sulfone groups is 1. The zero-order valence-corrected chi connectivity index (χ0v) is 11.7. The molecule has 0 atom stereocenters. The molecule has 0 unspecified atom stereocenters. The highest BCUT2D eigenvalue weighted by Gasteiger charge is 2.21. The SMILES string of the molecule is Nc1cccc(Cl)c1S(=O)(=O)CCc1ccccn1. The smallest absolute Gasteiger partial charge is 0.182 e. The molecule has 2 aromatic rings. The molecule has 0 aliphatic rings. The number of aromatic nitrogens is 1. The molecular formula is C13H13ClN2O2S. The van der Waals surface area contributed by atoms with Crippen molar-refractivity contribution in [2.45, 2.75) is 11.3 Å². The Morgan fingerprint density at radius 2 is 1.95 bits per heavy atom. The topological polar surface area (TPSA) is 73.1 Å². The van der Waals surface area contributed by atoms with Crippen LogP contribution in [0.2, 0.25) is 5.02 Å². The Balaban J connectivity index is 2.24. The summed E-state index contributed by atoms with van der Waals surface area (Å²) in [6.07, 6.45) is 1.96. The van der Waals surface area contributed by atoms with Gasteiger partial charge in [-0.25, -0.2) is 8.42 Å². The normalized spacial score (nSPS) is 11.4. The van der Waals surface area contributed by atoms with E-state index < -0.39 is 9.84 Å². The third kappa shape index (κ3) is 3.24. The minimum atomic E-state index is -3.52. The maximum Gasteiger partial charge on any atom is 0.182 e. The Kier molecular flexibility index (Phi) is 4.07. The number of aryl methyl sites for hydroxylation is 1. The molecule has 6 heteroatoms. The predicted octanol–water partition coefficient (Wildman–Crippen LogP) is 2.33. The summed E-state index contributed by atoms with van der Waals surface area (Å²) in [6.45, 7) is 0. The van der Waals surface area contributed by atoms with Crippen molar-refractivity contribution in [3.8, 4) is 0 Å². The van der Waals surface area contributed by atoms with Crippen LogP contribution >= 0.6 is 11.6 Å². The van der Waals surface area contributed by atoms with Gasteiger partial charge in [0.1, 0.15) is 4.90 Å². The minimum Gasteiger partial charge on any atom is -0.398 e. The Bertz CT molecular complexity index is 652. The molecule has 2 rings (SSSR count). The van der Waals surface area contributed by atoms with E-state index in [9.17, 15) is 8.42 Å². The van der Waals surface area contributed by atoms with E-state index in [2.05, 4.69) is 4.98 Å². The fraction of sp³-hybridized carbons (Fsp3) is 0.154. The molecule has 1 heterocycles. The molecule has 2 N–H and O–H groups in total. The highest BCUT2D eigenvalue weighted by molar-refractivity contribution is 7.91. The lowest BCUT2D eigenvalue weighted by Crippen LogP contribution is -2.12. The van der Waals surface area contributed by atoms with Crippen molar-refractivity contribution in [3.05, 3.63) is 53.3 Å². The minimum absolute atomic E-state index is 0.00703. The van der Waals surface area contributed by atoms with Gasteiger partial charge < -0.3 is 5.73 Å². The third-order valence-electron chi connectivity index (χ3n) is 2.66. The number of rotatable bonds is 4. The van der Waals surface area contributed by atoms with Crippen LogP contribution in [0.4, 0.5) is 5.69 Å². The average Bonchev–Trinajstić information content (AvgIpc) is 2.37. The van der Waals surface area contributed by atoms with Crippen LogP contribution in [0.25, 0.3) is 0 Å². The lowest BCUT2D eigenvalue weighted by atomic mass is 10.3. The summed E-state index contributed by atoms with van der Waals surface area (Å²) in [5, 5.41) is 0.154. The predicted molar refractivity (Wildman–Crippen MR) is 75.9 cm³/mol. The Morgan fingerprint density at radius 3 is 2.58 bits per heavy atom. The summed E-state index contributed by atoms with van der Waals surface area (Å²) in [4.78, 5) is 4.10. The van der Waals surface area contributed by atoms with Gasteiger partial charge in [0.05, 0.1) is 16.5 Å². The summed E-state index contributed by atoms with van der Waals surface area (Å²) in [6, 6.07) is 10.1. The van der Waals surface area contributed by atoms with Crippen LogP contribution in [0.3, 0.4) is 0 Å². The first kappa shape index (κ1) is 13.8. The zero-order chi connectivity index (χ0) is 13.9. The number of nitrogens with two attached hydrogens (primary N) is 1. The molecule has 0 bridgehead atoms. The van der Waals surface area contributed by atoms with Gasteiger partial charge in [-0.2, -0.15) is 0 Å². The number of halogens is 1. The van der Waals surface area contributed by atoms with Gasteiger partial charge in [0.25, 0.3) is 0 Å². The summed E-state index contributed by atoms with van der Waals surface area (Å²) < 4.78 is 24.5. The molecule has 100 valence electrons. The monoisotopic (exact) mass is 296 g/mol. The van der Waals surface area contributed by atoms with E-state index in [0.29, 0.717) is 6.42 Å². The zero-order valence-electron chi connectivity index (χ0n) is 10.1. The first-order valence-electron chi connectivity index (χ1n) is 5.67. The number of hydrogen-bond acceptors (Lipinski definition) is 4. The van der Waals surface area contributed by atoms with E-state index in [1.807, 2.05) is 6.07 Å². The fourth-order valence-corrected chi connectivity index (χ4v) is 3.75. The number of anilines is 1. The molecule has 19 heavy (non-hydrogen) atoms. The van der Waals surface area contributed by atoms with E-state index in [1.54, 1.807) is 24.4 Å². The maximum absolute atomic E-state index is 12.3. The molecule has 0 amide bonds. The molecule has 0 radical (unpaired) electrons. The molecule has 0 spiro atoms. The Hall–Kier alpha value is -1.59. The second-order valence-electron chi connectivity index (χ2n) is 4.05. The third-order valence-corrected chi connectivity index (χ3v) is 4.91. The van der Waals surface area contributed by atoms with E-state index >= 15 is 0 Å². The van der Waals surface area contributed by atoms with Crippen molar-refractivity contribution in [2.75, 3.05) is 11.5 Å². The molecule has 4 nitrogen and oxygen atoms in total. The van der Waals surface area contributed by atoms with Crippen molar-refractivity contribution in [3.63, 3.8) is 0 Å². The highest BCUT2D eigenvalue weighted by atomic mass is 35.5. The van der Waals surface area contributed by atoms with Crippen LogP contribution in [-0.2, 0) is 16.3 Å². The van der Waals surface area contributed by atoms with Crippen molar-refractivity contribution >= 4 is 27.1 Å². The molecule has 0 aliphatic heterocycles.